The summed E-state index contributed by atoms with van der Waals surface area (Å²) in [5.41, 5.74) is -2.47. The molecule has 10 heteroatoms. The largest absolute Gasteiger partial charge is 0.476 e. The number of rotatable bonds is 4. The fourth-order valence-corrected chi connectivity index (χ4v) is 1.52. The number of carboxylic acid groups (broad SMARTS) is 1. The Bertz CT molecular complexity index is 575. The maximum atomic E-state index is 12.8. The lowest BCUT2D eigenvalue weighted by molar-refractivity contribution is -0.144. The van der Waals surface area contributed by atoms with E-state index < -0.39 is 23.5 Å². The number of hydrogen-bond acceptors (Lipinski definition) is 4. The Morgan fingerprint density at radius 1 is 1.37 bits per heavy atom. The van der Waals surface area contributed by atoms with Gasteiger partial charge in [0.05, 0.1) is 13.1 Å². The first-order valence-electron chi connectivity index (χ1n) is 5.11. The van der Waals surface area contributed by atoms with Crippen LogP contribution in [0.25, 0.3) is 0 Å². The minimum absolute atomic E-state index is 0.124. The molecule has 2 heterocycles. The summed E-state index contributed by atoms with van der Waals surface area (Å²) in [7, 11) is 0. The number of carboxylic acids is 1. The van der Waals surface area contributed by atoms with Crippen molar-refractivity contribution in [2.45, 2.75) is 19.3 Å². The first-order chi connectivity index (χ1) is 8.89. The van der Waals surface area contributed by atoms with Gasteiger partial charge in [-0.1, -0.05) is 5.21 Å². The van der Waals surface area contributed by atoms with Crippen LogP contribution in [0.3, 0.4) is 0 Å². The highest BCUT2D eigenvalue weighted by Gasteiger charge is 2.41. The van der Waals surface area contributed by atoms with Crippen LogP contribution in [0.5, 0.6) is 0 Å². The van der Waals surface area contributed by atoms with E-state index in [2.05, 4.69) is 15.4 Å². The summed E-state index contributed by atoms with van der Waals surface area (Å²) in [6.07, 6.45) is -1.78. The number of hydrogen-bond donors (Lipinski definition) is 1. The predicted octanol–water partition coefficient (Wildman–Crippen LogP) is 0.892. The second-order valence-corrected chi connectivity index (χ2v) is 3.58. The molecule has 0 spiro atoms. The van der Waals surface area contributed by atoms with Crippen LogP contribution in [-0.4, -0.2) is 35.9 Å². The van der Waals surface area contributed by atoms with E-state index in [1.54, 1.807) is 12.3 Å². The van der Waals surface area contributed by atoms with E-state index in [9.17, 15) is 18.0 Å². The Morgan fingerprint density at radius 2 is 2.11 bits per heavy atom. The molecule has 2 aromatic heterocycles. The quantitative estimate of drug-likeness (QED) is 0.895. The van der Waals surface area contributed by atoms with E-state index in [1.165, 1.54) is 10.9 Å². The third-order valence-corrected chi connectivity index (χ3v) is 2.31. The van der Waals surface area contributed by atoms with Crippen LogP contribution < -0.4 is 0 Å². The number of alkyl halides is 3. The molecule has 19 heavy (non-hydrogen) atoms. The van der Waals surface area contributed by atoms with Gasteiger partial charge in [-0.3, -0.25) is 4.68 Å². The van der Waals surface area contributed by atoms with Crippen molar-refractivity contribution in [1.29, 1.82) is 0 Å². The maximum absolute atomic E-state index is 12.8. The molecule has 0 radical (unpaired) electrons. The molecule has 0 atom stereocenters. The molecule has 2 aromatic rings. The van der Waals surface area contributed by atoms with Crippen LogP contribution in [0.1, 0.15) is 16.2 Å². The molecule has 0 saturated carbocycles. The second kappa shape index (κ2) is 4.71. The number of aromatic nitrogens is 5. The third kappa shape index (κ3) is 2.72. The van der Waals surface area contributed by atoms with Crippen molar-refractivity contribution in [2.24, 2.45) is 0 Å². The van der Waals surface area contributed by atoms with Crippen LogP contribution in [0, 0.1) is 0 Å². The second-order valence-electron chi connectivity index (χ2n) is 3.58. The molecule has 7 nitrogen and oxygen atoms in total. The van der Waals surface area contributed by atoms with Crippen LogP contribution >= 0.6 is 0 Å². The zero-order valence-electron chi connectivity index (χ0n) is 9.37. The summed E-state index contributed by atoms with van der Waals surface area (Å²) in [6, 6.07) is 1.62. The van der Waals surface area contributed by atoms with Gasteiger partial charge in [-0.25, -0.2) is 9.48 Å². The van der Waals surface area contributed by atoms with E-state index in [4.69, 9.17) is 5.11 Å². The molecule has 0 bridgehead atoms. The van der Waals surface area contributed by atoms with Crippen LogP contribution in [-0.2, 0) is 19.3 Å². The van der Waals surface area contributed by atoms with Gasteiger partial charge < -0.3 is 5.11 Å². The van der Waals surface area contributed by atoms with Gasteiger partial charge >= 0.3 is 12.1 Å². The van der Waals surface area contributed by atoms with E-state index in [0.717, 1.165) is 0 Å². The van der Waals surface area contributed by atoms with Crippen molar-refractivity contribution >= 4 is 5.97 Å². The Balaban J connectivity index is 2.27. The minimum atomic E-state index is -4.83. The normalized spacial score (nSPS) is 11.7. The highest BCUT2D eigenvalue weighted by atomic mass is 19.4. The van der Waals surface area contributed by atoms with E-state index >= 15 is 0 Å². The zero-order valence-corrected chi connectivity index (χ0v) is 9.37. The topological polar surface area (TPSA) is 85.8 Å². The van der Waals surface area contributed by atoms with Crippen molar-refractivity contribution < 1.29 is 23.1 Å². The molecule has 1 N–H and O–H groups in total. The molecule has 0 aromatic carbocycles. The Morgan fingerprint density at radius 3 is 2.63 bits per heavy atom. The molecule has 0 aliphatic rings. The highest BCUT2D eigenvalue weighted by Crippen LogP contribution is 2.31. The fourth-order valence-electron chi connectivity index (χ4n) is 1.52. The molecule has 0 aliphatic carbocycles. The van der Waals surface area contributed by atoms with E-state index in [1.807, 2.05) is 0 Å². The van der Waals surface area contributed by atoms with Gasteiger partial charge in [0.1, 0.15) is 0 Å². The predicted molar refractivity (Wildman–Crippen MR) is 54.2 cm³/mol. The Labute approximate surface area is 104 Å². The number of halogens is 3. The highest BCUT2D eigenvalue weighted by molar-refractivity contribution is 5.86. The van der Waals surface area contributed by atoms with Crippen molar-refractivity contribution in [3.63, 3.8) is 0 Å². The maximum Gasteiger partial charge on any atom is 0.435 e. The zero-order chi connectivity index (χ0) is 14.0. The van der Waals surface area contributed by atoms with Crippen molar-refractivity contribution in [1.82, 2.24) is 24.8 Å². The average molecular weight is 275 g/mol. The minimum Gasteiger partial charge on any atom is -0.476 e. The Hall–Kier alpha value is -2.39. The van der Waals surface area contributed by atoms with Gasteiger partial charge in [0, 0.05) is 12.4 Å². The first kappa shape index (κ1) is 13.1. The third-order valence-electron chi connectivity index (χ3n) is 2.31. The van der Waals surface area contributed by atoms with Crippen LogP contribution in [0.2, 0.25) is 0 Å². The molecule has 0 saturated heterocycles. The van der Waals surface area contributed by atoms with Crippen LogP contribution in [0.15, 0.2) is 18.5 Å². The number of nitrogens with zero attached hydrogens (tertiary/aromatic N) is 5. The van der Waals surface area contributed by atoms with E-state index in [0.29, 0.717) is 4.68 Å². The molecule has 102 valence electrons. The molecule has 0 fully saturated rings. The lowest BCUT2D eigenvalue weighted by Gasteiger charge is -2.09. The summed E-state index contributed by atoms with van der Waals surface area (Å²) in [4.78, 5) is 10.7. The summed E-state index contributed by atoms with van der Waals surface area (Å²) in [5.74, 6) is -1.77. The SMILES string of the molecule is O=C(O)c1nnn(CCn2cccn2)c1C(F)(F)F. The summed E-state index contributed by atoms with van der Waals surface area (Å²) < 4.78 is 40.3. The van der Waals surface area contributed by atoms with Gasteiger partial charge in [-0.05, 0) is 6.07 Å². The summed E-state index contributed by atoms with van der Waals surface area (Å²) in [6.45, 7) is -0.0602. The van der Waals surface area contributed by atoms with Gasteiger partial charge in [-0.2, -0.15) is 18.3 Å². The van der Waals surface area contributed by atoms with Gasteiger partial charge in [0.25, 0.3) is 0 Å². The molecule has 0 unspecified atom stereocenters. The lowest BCUT2D eigenvalue weighted by Crippen LogP contribution is -2.20. The van der Waals surface area contributed by atoms with Crippen molar-refractivity contribution in [3.8, 4) is 0 Å². The van der Waals surface area contributed by atoms with E-state index in [-0.39, 0.29) is 13.1 Å². The lowest BCUT2D eigenvalue weighted by atomic mass is 10.3. The standard InChI is InChI=1S/C9H8F3N5O2/c10-9(11,12)7-6(8(18)19)14-15-17(7)5-4-16-3-1-2-13-16/h1-3H,4-5H2,(H,18,19). The molecule has 0 amide bonds. The fraction of sp³-hybridized carbons (Fsp3) is 0.333. The van der Waals surface area contributed by atoms with Gasteiger partial charge in [0.2, 0.25) is 5.69 Å². The smallest absolute Gasteiger partial charge is 0.435 e. The molecular formula is C9H8F3N5O2. The van der Waals surface area contributed by atoms with Crippen LogP contribution in [0.4, 0.5) is 13.2 Å². The number of carbonyl (C=O) groups is 1. The van der Waals surface area contributed by atoms with Gasteiger partial charge in [0.15, 0.2) is 5.69 Å². The summed E-state index contributed by atoms with van der Waals surface area (Å²) in [5, 5.41) is 18.8. The molecular weight excluding hydrogens is 267 g/mol. The number of aromatic carboxylic acids is 1. The van der Waals surface area contributed by atoms with Gasteiger partial charge in [-0.15, -0.1) is 5.10 Å². The Kier molecular flexibility index (Phi) is 3.23. The first-order valence-corrected chi connectivity index (χ1v) is 5.11. The molecule has 0 aliphatic heterocycles. The molecule has 2 rings (SSSR count). The number of aryl methyl sites for hydroxylation is 2. The monoisotopic (exact) mass is 275 g/mol. The van der Waals surface area contributed by atoms with Crippen molar-refractivity contribution in [2.75, 3.05) is 0 Å². The average Bonchev–Trinajstić information content (AvgIpc) is 2.94. The summed E-state index contributed by atoms with van der Waals surface area (Å²) >= 11 is 0. The van der Waals surface area contributed by atoms with Crippen molar-refractivity contribution in [3.05, 3.63) is 29.8 Å².